The van der Waals surface area contributed by atoms with Gasteiger partial charge in [-0.25, -0.2) is 0 Å². The normalized spacial score (nSPS) is 45.3. The van der Waals surface area contributed by atoms with Crippen LogP contribution in [0.4, 0.5) is 0 Å². The minimum absolute atomic E-state index is 0.197. The van der Waals surface area contributed by atoms with Crippen molar-refractivity contribution in [2.45, 2.75) is 37.8 Å². The lowest BCUT2D eigenvalue weighted by molar-refractivity contribution is -0.124. The van der Waals surface area contributed by atoms with Gasteiger partial charge in [0.15, 0.2) is 0 Å². The zero-order chi connectivity index (χ0) is 14.1. The first-order valence-electron chi connectivity index (χ1n) is 8.30. The van der Waals surface area contributed by atoms with Crippen molar-refractivity contribution >= 4 is 5.91 Å². The van der Waals surface area contributed by atoms with Crippen molar-refractivity contribution in [2.75, 3.05) is 0 Å². The first-order valence-corrected chi connectivity index (χ1v) is 8.30. The number of fused-ring (bicyclic) bond motifs is 6. The van der Waals surface area contributed by atoms with E-state index in [9.17, 15) is 9.90 Å². The molecule has 2 bridgehead atoms. The van der Waals surface area contributed by atoms with Crippen LogP contribution in [0.3, 0.4) is 0 Å². The number of aliphatic hydroxyl groups is 1. The molecule has 4 aliphatic rings. The van der Waals surface area contributed by atoms with Crippen LogP contribution in [-0.2, 0) is 11.2 Å². The summed E-state index contributed by atoms with van der Waals surface area (Å²) in [6.07, 6.45) is 4.23. The Labute approximate surface area is 124 Å². The fraction of sp³-hybridized carbons (Fsp3) is 0.611. The summed E-state index contributed by atoms with van der Waals surface area (Å²) < 4.78 is 0. The number of hydrogen-bond acceptors (Lipinski definition) is 2. The Morgan fingerprint density at radius 3 is 2.62 bits per heavy atom. The summed E-state index contributed by atoms with van der Waals surface area (Å²) in [5.74, 6) is 3.40. The van der Waals surface area contributed by atoms with Crippen LogP contribution in [0.5, 0.6) is 0 Å². The van der Waals surface area contributed by atoms with Gasteiger partial charge in [0.25, 0.3) is 0 Å². The fourth-order valence-electron chi connectivity index (χ4n) is 5.67. The smallest absolute Gasteiger partial charge is 0.224 e. The van der Waals surface area contributed by atoms with Gasteiger partial charge in [-0.3, -0.25) is 4.79 Å². The van der Waals surface area contributed by atoms with Crippen LogP contribution in [0.1, 0.15) is 36.4 Å². The van der Waals surface area contributed by atoms with Crippen LogP contribution in [0.15, 0.2) is 24.3 Å². The summed E-state index contributed by atoms with van der Waals surface area (Å²) in [5.41, 5.74) is 2.28. The lowest BCUT2D eigenvalue weighted by atomic mass is 10.0. The minimum atomic E-state index is -0.471. The second-order valence-corrected chi connectivity index (χ2v) is 7.47. The van der Waals surface area contributed by atoms with Crippen molar-refractivity contribution in [1.29, 1.82) is 0 Å². The largest absolute Gasteiger partial charge is 0.390 e. The number of nitrogens with one attached hydrogen (secondary N) is 1. The average molecular weight is 283 g/mol. The number of hydrogen-bond donors (Lipinski definition) is 2. The number of benzene rings is 1. The molecule has 3 saturated carbocycles. The Morgan fingerprint density at radius 2 is 1.86 bits per heavy atom. The highest BCUT2D eigenvalue weighted by Crippen LogP contribution is 2.69. The predicted octanol–water partition coefficient (Wildman–Crippen LogP) is 2.05. The molecule has 2 N–H and O–H groups in total. The molecule has 21 heavy (non-hydrogen) atoms. The summed E-state index contributed by atoms with van der Waals surface area (Å²) in [5, 5.41) is 13.4. The molecule has 1 amide bonds. The number of carbonyl (C=O) groups excluding carboxylic acids is 1. The van der Waals surface area contributed by atoms with E-state index in [1.54, 1.807) is 0 Å². The third-order valence-corrected chi connectivity index (χ3v) is 6.54. The molecular formula is C18H21NO2. The zero-order valence-electron chi connectivity index (χ0n) is 12.0. The molecule has 0 radical (unpaired) electrons. The third-order valence-electron chi connectivity index (χ3n) is 6.54. The number of rotatable bonds is 2. The second-order valence-electron chi connectivity index (χ2n) is 7.47. The van der Waals surface area contributed by atoms with E-state index in [4.69, 9.17) is 0 Å². The third kappa shape index (κ3) is 1.61. The lowest BCUT2D eigenvalue weighted by Gasteiger charge is -2.19. The molecule has 3 heteroatoms. The summed E-state index contributed by atoms with van der Waals surface area (Å²) in [7, 11) is 0. The number of amides is 1. The Bertz CT molecular complexity index is 597. The standard InChI is InChI=1S/C18H21NO2/c20-13-8-9-3-1-2-4-12(9)17(13)19-18(21)16-14-10-5-6-11(7-10)15(14)16/h1-4,10-11,13-17,20H,5-8H2,(H,19,21). The molecule has 3 fully saturated rings. The Balaban J connectivity index is 1.34. The SMILES string of the molecule is O=C(NC1c2ccccc2CC1O)C1C2C3CCC(C3)C12. The van der Waals surface area contributed by atoms with Gasteiger partial charge in [-0.1, -0.05) is 24.3 Å². The fourth-order valence-corrected chi connectivity index (χ4v) is 5.67. The van der Waals surface area contributed by atoms with Gasteiger partial charge in [0.1, 0.15) is 0 Å². The van der Waals surface area contributed by atoms with Crippen LogP contribution >= 0.6 is 0 Å². The van der Waals surface area contributed by atoms with Gasteiger partial charge >= 0.3 is 0 Å². The van der Waals surface area contributed by atoms with Crippen LogP contribution in [0, 0.1) is 29.6 Å². The van der Waals surface area contributed by atoms with Gasteiger partial charge < -0.3 is 10.4 Å². The summed E-state index contributed by atoms with van der Waals surface area (Å²) in [6, 6.07) is 7.87. The summed E-state index contributed by atoms with van der Waals surface area (Å²) in [4.78, 5) is 12.6. The van der Waals surface area contributed by atoms with Crippen LogP contribution in [0.25, 0.3) is 0 Å². The maximum Gasteiger partial charge on any atom is 0.224 e. The molecule has 5 rings (SSSR count). The summed E-state index contributed by atoms with van der Waals surface area (Å²) in [6.45, 7) is 0. The van der Waals surface area contributed by atoms with E-state index >= 15 is 0 Å². The quantitative estimate of drug-likeness (QED) is 0.873. The first kappa shape index (κ1) is 12.2. The molecule has 1 aromatic rings. The number of aliphatic hydroxyl groups excluding tert-OH is 1. The average Bonchev–Trinajstić information content (AvgIpc) is 2.77. The molecule has 6 unspecified atom stereocenters. The topological polar surface area (TPSA) is 49.3 Å². The van der Waals surface area contributed by atoms with Crippen molar-refractivity contribution in [3.8, 4) is 0 Å². The molecule has 0 aromatic heterocycles. The van der Waals surface area contributed by atoms with E-state index in [0.717, 1.165) is 17.4 Å². The molecule has 3 nitrogen and oxygen atoms in total. The van der Waals surface area contributed by atoms with E-state index in [0.29, 0.717) is 18.3 Å². The van der Waals surface area contributed by atoms with E-state index in [1.807, 2.05) is 18.2 Å². The molecule has 0 aliphatic heterocycles. The molecule has 1 aromatic carbocycles. The predicted molar refractivity (Wildman–Crippen MR) is 78.3 cm³/mol. The summed E-state index contributed by atoms with van der Waals surface area (Å²) >= 11 is 0. The Morgan fingerprint density at radius 1 is 1.14 bits per heavy atom. The highest BCUT2D eigenvalue weighted by atomic mass is 16.3. The van der Waals surface area contributed by atoms with Crippen molar-refractivity contribution in [3.63, 3.8) is 0 Å². The van der Waals surface area contributed by atoms with Crippen LogP contribution < -0.4 is 5.32 Å². The minimum Gasteiger partial charge on any atom is -0.390 e. The van der Waals surface area contributed by atoms with Gasteiger partial charge in [0.05, 0.1) is 12.1 Å². The Kier molecular flexibility index (Phi) is 2.38. The molecule has 0 heterocycles. The maximum atomic E-state index is 12.6. The highest BCUT2D eigenvalue weighted by molar-refractivity contribution is 5.83. The van der Waals surface area contributed by atoms with Crippen LogP contribution in [-0.4, -0.2) is 17.1 Å². The van der Waals surface area contributed by atoms with Crippen molar-refractivity contribution in [3.05, 3.63) is 35.4 Å². The second kappa shape index (κ2) is 4.10. The zero-order valence-corrected chi connectivity index (χ0v) is 12.0. The Hall–Kier alpha value is -1.35. The van der Waals surface area contributed by atoms with Gasteiger partial charge in [-0.05, 0) is 54.1 Å². The number of carbonyl (C=O) groups is 1. The van der Waals surface area contributed by atoms with E-state index in [-0.39, 0.29) is 17.9 Å². The highest BCUT2D eigenvalue weighted by Gasteiger charge is 2.67. The molecular weight excluding hydrogens is 262 g/mol. The monoisotopic (exact) mass is 283 g/mol. The molecule has 4 aliphatic carbocycles. The van der Waals surface area contributed by atoms with Crippen molar-refractivity contribution in [1.82, 2.24) is 5.32 Å². The van der Waals surface area contributed by atoms with E-state index < -0.39 is 6.10 Å². The molecule has 6 atom stereocenters. The van der Waals surface area contributed by atoms with Gasteiger partial charge in [0, 0.05) is 12.3 Å². The van der Waals surface area contributed by atoms with E-state index in [2.05, 4.69) is 11.4 Å². The molecule has 0 saturated heterocycles. The lowest BCUT2D eigenvalue weighted by Crippen LogP contribution is -2.36. The van der Waals surface area contributed by atoms with E-state index in [1.165, 1.54) is 24.8 Å². The van der Waals surface area contributed by atoms with Gasteiger partial charge in [-0.2, -0.15) is 0 Å². The van der Waals surface area contributed by atoms with Crippen LogP contribution in [0.2, 0.25) is 0 Å². The van der Waals surface area contributed by atoms with Gasteiger partial charge in [-0.15, -0.1) is 0 Å². The first-order chi connectivity index (χ1) is 10.2. The van der Waals surface area contributed by atoms with Crippen molar-refractivity contribution < 1.29 is 9.90 Å². The molecule has 110 valence electrons. The maximum absolute atomic E-state index is 12.6. The van der Waals surface area contributed by atoms with Crippen molar-refractivity contribution in [2.24, 2.45) is 29.6 Å². The van der Waals surface area contributed by atoms with Gasteiger partial charge in [0.2, 0.25) is 5.91 Å². The molecule has 0 spiro atoms.